The van der Waals surface area contributed by atoms with Crippen LogP contribution in [-0.2, 0) is 10.2 Å². The van der Waals surface area contributed by atoms with Gasteiger partial charge in [0.25, 0.3) is 5.91 Å². The number of halogens is 1. The second-order valence-electron chi connectivity index (χ2n) is 8.89. The maximum absolute atomic E-state index is 13.0. The molecule has 7 heteroatoms. The average Bonchev–Trinajstić information content (AvgIpc) is 2.92. The van der Waals surface area contributed by atoms with Crippen LogP contribution >= 0.6 is 11.6 Å². The molecule has 0 atom stereocenters. The number of amides is 2. The number of fused-ring (bicyclic) bond motifs is 1. The van der Waals surface area contributed by atoms with Crippen molar-refractivity contribution in [2.45, 2.75) is 57.9 Å². The van der Waals surface area contributed by atoms with E-state index in [4.69, 9.17) is 11.6 Å². The molecule has 158 valence electrons. The highest BCUT2D eigenvalue weighted by Crippen LogP contribution is 2.41. The van der Waals surface area contributed by atoms with Crippen molar-refractivity contribution >= 4 is 29.2 Å². The summed E-state index contributed by atoms with van der Waals surface area (Å²) >= 11 is 5.99. The summed E-state index contributed by atoms with van der Waals surface area (Å²) in [6, 6.07) is 5.68. The first-order chi connectivity index (χ1) is 14.3. The number of hydrogen-bond acceptors (Lipinski definition) is 4. The predicted octanol–water partition coefficient (Wildman–Crippen LogP) is 4.05. The molecule has 0 unspecified atom stereocenters. The molecule has 1 N–H and O–H groups in total. The summed E-state index contributed by atoms with van der Waals surface area (Å²) in [7, 11) is 0. The summed E-state index contributed by atoms with van der Waals surface area (Å²) in [6.07, 6.45) is 7.01. The zero-order valence-electron chi connectivity index (χ0n) is 17.6. The number of pyridine rings is 2. The fourth-order valence-electron chi connectivity index (χ4n) is 4.57. The van der Waals surface area contributed by atoms with Crippen LogP contribution in [0.4, 0.5) is 5.82 Å². The predicted molar refractivity (Wildman–Crippen MR) is 117 cm³/mol. The van der Waals surface area contributed by atoms with E-state index in [0.717, 1.165) is 37.1 Å². The molecule has 2 aliphatic rings. The standard InChI is InChI=1S/C23H27ClN4O2/c1-14-18(11-16(24)12-26-14)21(29)27-17-8-6-15(7-9-17)13-28-20-19(5-4-10-25-20)23(2,3)22(28)30/h4-5,10-12,15,17H,6-9,13H2,1-3H3,(H,27,29). The monoisotopic (exact) mass is 426 g/mol. The Labute approximate surface area is 182 Å². The van der Waals surface area contributed by atoms with Gasteiger partial charge in [-0.2, -0.15) is 0 Å². The van der Waals surface area contributed by atoms with Crippen molar-refractivity contribution in [3.63, 3.8) is 0 Å². The van der Waals surface area contributed by atoms with Gasteiger partial charge in [-0.3, -0.25) is 19.5 Å². The Morgan fingerprint density at radius 2 is 2.00 bits per heavy atom. The molecule has 1 aliphatic carbocycles. The van der Waals surface area contributed by atoms with Gasteiger partial charge in [0.05, 0.1) is 21.7 Å². The lowest BCUT2D eigenvalue weighted by Gasteiger charge is -2.32. The van der Waals surface area contributed by atoms with Gasteiger partial charge in [0.2, 0.25) is 5.91 Å². The van der Waals surface area contributed by atoms with Crippen LogP contribution in [0.5, 0.6) is 0 Å². The molecule has 2 amide bonds. The van der Waals surface area contributed by atoms with Gasteiger partial charge in [-0.05, 0) is 64.5 Å². The Kier molecular flexibility index (Phi) is 5.53. The van der Waals surface area contributed by atoms with Crippen molar-refractivity contribution in [3.05, 3.63) is 52.4 Å². The highest BCUT2D eigenvalue weighted by Gasteiger charge is 2.45. The lowest BCUT2D eigenvalue weighted by molar-refractivity contribution is -0.122. The molecule has 0 aromatic carbocycles. The second kappa shape index (κ2) is 7.99. The summed E-state index contributed by atoms with van der Waals surface area (Å²) in [5, 5.41) is 3.58. The molecule has 0 radical (unpaired) electrons. The van der Waals surface area contributed by atoms with Crippen LogP contribution in [0.25, 0.3) is 0 Å². The van der Waals surface area contributed by atoms with Crippen molar-refractivity contribution < 1.29 is 9.59 Å². The van der Waals surface area contributed by atoms with E-state index >= 15 is 0 Å². The fourth-order valence-corrected chi connectivity index (χ4v) is 4.72. The summed E-state index contributed by atoms with van der Waals surface area (Å²) < 4.78 is 0. The molecule has 2 aromatic rings. The normalized spacial score (nSPS) is 22.7. The zero-order chi connectivity index (χ0) is 21.5. The molecular weight excluding hydrogens is 400 g/mol. The third kappa shape index (κ3) is 3.81. The van der Waals surface area contributed by atoms with Crippen LogP contribution < -0.4 is 10.2 Å². The van der Waals surface area contributed by atoms with E-state index in [0.29, 0.717) is 28.7 Å². The maximum atomic E-state index is 13.0. The van der Waals surface area contributed by atoms with E-state index in [1.54, 1.807) is 18.5 Å². The molecule has 0 spiro atoms. The number of aromatic nitrogens is 2. The second-order valence-corrected chi connectivity index (χ2v) is 9.33. The summed E-state index contributed by atoms with van der Waals surface area (Å²) in [4.78, 5) is 36.1. The highest BCUT2D eigenvalue weighted by molar-refractivity contribution is 6.30. The van der Waals surface area contributed by atoms with Crippen LogP contribution in [0.2, 0.25) is 5.02 Å². The van der Waals surface area contributed by atoms with Crippen LogP contribution in [-0.4, -0.2) is 34.4 Å². The molecule has 1 fully saturated rings. The Morgan fingerprint density at radius 1 is 1.27 bits per heavy atom. The molecular formula is C23H27ClN4O2. The quantitative estimate of drug-likeness (QED) is 0.800. The number of rotatable bonds is 4. The average molecular weight is 427 g/mol. The van der Waals surface area contributed by atoms with Gasteiger partial charge in [0.15, 0.2) is 0 Å². The molecule has 30 heavy (non-hydrogen) atoms. The van der Waals surface area contributed by atoms with Crippen molar-refractivity contribution in [1.29, 1.82) is 0 Å². The molecule has 1 aliphatic heterocycles. The van der Waals surface area contributed by atoms with E-state index in [9.17, 15) is 9.59 Å². The minimum Gasteiger partial charge on any atom is -0.349 e. The van der Waals surface area contributed by atoms with Gasteiger partial charge in [0.1, 0.15) is 5.82 Å². The van der Waals surface area contributed by atoms with Crippen LogP contribution in [0.3, 0.4) is 0 Å². The molecule has 6 nitrogen and oxygen atoms in total. The SMILES string of the molecule is Cc1ncc(Cl)cc1C(=O)NC1CCC(CN2C(=O)C(C)(C)c3cccnc32)CC1. The zero-order valence-corrected chi connectivity index (χ0v) is 18.4. The lowest BCUT2D eigenvalue weighted by atomic mass is 9.85. The first kappa shape index (κ1) is 20.8. The van der Waals surface area contributed by atoms with Crippen molar-refractivity contribution in [1.82, 2.24) is 15.3 Å². The third-order valence-electron chi connectivity index (χ3n) is 6.42. The minimum absolute atomic E-state index is 0.121. The largest absolute Gasteiger partial charge is 0.349 e. The number of anilines is 1. The molecule has 1 saturated carbocycles. The van der Waals surface area contributed by atoms with Gasteiger partial charge in [-0.15, -0.1) is 0 Å². The maximum Gasteiger partial charge on any atom is 0.253 e. The number of nitrogens with one attached hydrogen (secondary N) is 1. The lowest BCUT2D eigenvalue weighted by Crippen LogP contribution is -2.42. The molecule has 3 heterocycles. The number of nitrogens with zero attached hydrogens (tertiary/aromatic N) is 3. The Hall–Kier alpha value is -2.47. The molecule has 0 bridgehead atoms. The van der Waals surface area contributed by atoms with E-state index < -0.39 is 5.41 Å². The third-order valence-corrected chi connectivity index (χ3v) is 6.62. The van der Waals surface area contributed by atoms with Crippen LogP contribution in [0.15, 0.2) is 30.6 Å². The topological polar surface area (TPSA) is 75.2 Å². The van der Waals surface area contributed by atoms with Crippen LogP contribution in [0, 0.1) is 12.8 Å². The van der Waals surface area contributed by atoms with Crippen molar-refractivity contribution in [3.8, 4) is 0 Å². The first-order valence-electron chi connectivity index (χ1n) is 10.5. The van der Waals surface area contributed by atoms with E-state index in [2.05, 4.69) is 15.3 Å². The number of carbonyl (C=O) groups is 2. The Bertz CT molecular complexity index is 983. The molecule has 4 rings (SSSR count). The molecule has 2 aromatic heterocycles. The highest BCUT2D eigenvalue weighted by atomic mass is 35.5. The summed E-state index contributed by atoms with van der Waals surface area (Å²) in [5.74, 6) is 1.20. The van der Waals surface area contributed by atoms with E-state index in [1.807, 2.05) is 37.8 Å². The Morgan fingerprint density at radius 3 is 2.73 bits per heavy atom. The number of hydrogen-bond donors (Lipinski definition) is 1. The summed E-state index contributed by atoms with van der Waals surface area (Å²) in [5.41, 5.74) is 1.67. The molecule has 0 saturated heterocycles. The smallest absolute Gasteiger partial charge is 0.253 e. The van der Waals surface area contributed by atoms with Gasteiger partial charge >= 0.3 is 0 Å². The first-order valence-corrected chi connectivity index (χ1v) is 10.9. The van der Waals surface area contributed by atoms with Gasteiger partial charge in [0, 0.05) is 30.5 Å². The van der Waals surface area contributed by atoms with Gasteiger partial charge in [-0.25, -0.2) is 4.98 Å². The van der Waals surface area contributed by atoms with E-state index in [1.165, 1.54) is 0 Å². The van der Waals surface area contributed by atoms with Crippen molar-refractivity contribution in [2.75, 3.05) is 11.4 Å². The number of aryl methyl sites for hydroxylation is 1. The minimum atomic E-state index is -0.530. The van der Waals surface area contributed by atoms with Gasteiger partial charge in [-0.1, -0.05) is 17.7 Å². The number of carbonyl (C=O) groups excluding carboxylic acids is 2. The fraction of sp³-hybridized carbons (Fsp3) is 0.478. The Balaban J connectivity index is 1.36. The van der Waals surface area contributed by atoms with E-state index in [-0.39, 0.29) is 17.9 Å². The van der Waals surface area contributed by atoms with Crippen LogP contribution in [0.1, 0.15) is 61.1 Å². The van der Waals surface area contributed by atoms with Gasteiger partial charge < -0.3 is 5.32 Å². The summed E-state index contributed by atoms with van der Waals surface area (Å²) in [6.45, 7) is 6.43. The van der Waals surface area contributed by atoms with Crippen molar-refractivity contribution in [2.24, 2.45) is 5.92 Å².